The topological polar surface area (TPSA) is 41.9 Å². The van der Waals surface area contributed by atoms with Gasteiger partial charge < -0.3 is 14.6 Å². The molecule has 0 amide bonds. The van der Waals surface area contributed by atoms with Crippen LogP contribution >= 0.6 is 0 Å². The summed E-state index contributed by atoms with van der Waals surface area (Å²) in [5.74, 6) is 1.72. The third kappa shape index (κ3) is 2.76. The molecule has 0 spiro atoms. The van der Waals surface area contributed by atoms with Crippen molar-refractivity contribution >= 4 is 0 Å². The van der Waals surface area contributed by atoms with E-state index in [1.54, 1.807) is 0 Å². The van der Waals surface area contributed by atoms with Crippen molar-refractivity contribution in [1.82, 2.24) is 4.90 Å². The van der Waals surface area contributed by atoms with Gasteiger partial charge in [0.15, 0.2) is 11.5 Å². The van der Waals surface area contributed by atoms with E-state index in [-0.39, 0.29) is 12.0 Å². The first-order valence-electron chi connectivity index (χ1n) is 8.57. The number of benzene rings is 2. The van der Waals surface area contributed by atoms with Crippen molar-refractivity contribution in [3.63, 3.8) is 0 Å². The summed E-state index contributed by atoms with van der Waals surface area (Å²) in [6.07, 6.45) is 0.972. The Morgan fingerprint density at radius 3 is 2.67 bits per heavy atom. The lowest BCUT2D eigenvalue weighted by Crippen LogP contribution is -2.34. The molecule has 1 fully saturated rings. The van der Waals surface area contributed by atoms with E-state index in [4.69, 9.17) is 9.47 Å². The van der Waals surface area contributed by atoms with E-state index in [1.807, 2.05) is 30.3 Å². The average molecular weight is 325 g/mol. The summed E-state index contributed by atoms with van der Waals surface area (Å²) in [6, 6.07) is 16.5. The maximum absolute atomic E-state index is 10.1. The number of aliphatic hydroxyl groups is 1. The minimum absolute atomic E-state index is 0.159. The van der Waals surface area contributed by atoms with Gasteiger partial charge in [-0.3, -0.25) is 4.90 Å². The summed E-state index contributed by atoms with van der Waals surface area (Å²) in [4.78, 5) is 2.40. The molecule has 4 rings (SSSR count). The number of nitrogens with zero attached hydrogens (tertiary/aromatic N) is 1. The summed E-state index contributed by atoms with van der Waals surface area (Å²) in [6.45, 7) is 4.05. The largest absolute Gasteiger partial charge is 0.486 e. The molecule has 1 saturated heterocycles. The number of para-hydroxylation sites is 1. The van der Waals surface area contributed by atoms with E-state index in [0.29, 0.717) is 13.2 Å². The second-order valence-electron chi connectivity index (χ2n) is 6.71. The highest BCUT2D eigenvalue weighted by Gasteiger charge is 2.39. The van der Waals surface area contributed by atoms with Gasteiger partial charge in [0.1, 0.15) is 13.2 Å². The minimum atomic E-state index is -0.159. The fourth-order valence-corrected chi connectivity index (χ4v) is 3.84. The van der Waals surface area contributed by atoms with Crippen molar-refractivity contribution in [2.24, 2.45) is 0 Å². The molecule has 2 aromatic carbocycles. The Labute approximate surface area is 142 Å². The second kappa shape index (κ2) is 6.46. The fraction of sp³-hybridized carbons (Fsp3) is 0.400. The van der Waals surface area contributed by atoms with E-state index < -0.39 is 0 Å². The van der Waals surface area contributed by atoms with Crippen LogP contribution in [0.4, 0.5) is 0 Å². The lowest BCUT2D eigenvalue weighted by Gasteiger charge is -2.28. The zero-order valence-electron chi connectivity index (χ0n) is 13.8. The Bertz CT molecular complexity index is 703. The first kappa shape index (κ1) is 15.5. The number of rotatable bonds is 4. The molecule has 0 aliphatic carbocycles. The van der Waals surface area contributed by atoms with Gasteiger partial charge in [-0.1, -0.05) is 42.5 Å². The Hall–Kier alpha value is -2.04. The van der Waals surface area contributed by atoms with Crippen LogP contribution in [0.1, 0.15) is 17.5 Å². The predicted octanol–water partition coefficient (Wildman–Crippen LogP) is 2.59. The third-order valence-corrected chi connectivity index (χ3v) is 5.16. The highest BCUT2D eigenvalue weighted by atomic mass is 16.6. The van der Waals surface area contributed by atoms with Crippen molar-refractivity contribution in [3.05, 3.63) is 59.7 Å². The van der Waals surface area contributed by atoms with Crippen LogP contribution in [-0.2, 0) is 12.0 Å². The molecule has 0 radical (unpaired) electrons. The Morgan fingerprint density at radius 2 is 1.83 bits per heavy atom. The van der Waals surface area contributed by atoms with Gasteiger partial charge in [-0.05, 0) is 24.6 Å². The molecule has 2 aliphatic heterocycles. The van der Waals surface area contributed by atoms with Gasteiger partial charge >= 0.3 is 0 Å². The zero-order chi connectivity index (χ0) is 16.4. The van der Waals surface area contributed by atoms with Gasteiger partial charge in [0.2, 0.25) is 0 Å². The standard InChI is InChI=1S/C20H23NO3/c22-15-20(17-6-2-1-3-7-17)9-10-21(14-20)13-16-5-4-8-18-19(16)24-12-11-23-18/h1-8,22H,9-15H2. The van der Waals surface area contributed by atoms with E-state index in [9.17, 15) is 5.11 Å². The number of likely N-dealkylation sites (tertiary alicyclic amines) is 1. The van der Waals surface area contributed by atoms with E-state index in [1.165, 1.54) is 5.56 Å². The Kier molecular flexibility index (Phi) is 4.17. The van der Waals surface area contributed by atoms with Crippen LogP contribution in [-0.4, -0.2) is 42.9 Å². The summed E-state index contributed by atoms with van der Waals surface area (Å²) in [5, 5.41) is 10.1. The molecule has 1 N–H and O–H groups in total. The molecular formula is C20H23NO3. The molecule has 2 heterocycles. The quantitative estimate of drug-likeness (QED) is 0.938. The molecule has 4 nitrogen and oxygen atoms in total. The van der Waals surface area contributed by atoms with Crippen molar-refractivity contribution in [2.45, 2.75) is 18.4 Å². The smallest absolute Gasteiger partial charge is 0.165 e. The van der Waals surface area contributed by atoms with Crippen LogP contribution in [0.15, 0.2) is 48.5 Å². The van der Waals surface area contributed by atoms with Crippen LogP contribution in [0.2, 0.25) is 0 Å². The molecule has 24 heavy (non-hydrogen) atoms. The molecule has 1 atom stereocenters. The molecule has 4 heteroatoms. The zero-order valence-corrected chi connectivity index (χ0v) is 13.8. The molecule has 0 bridgehead atoms. The van der Waals surface area contributed by atoms with Crippen LogP contribution < -0.4 is 9.47 Å². The van der Waals surface area contributed by atoms with Gasteiger partial charge in [0, 0.05) is 24.1 Å². The molecule has 2 aliphatic rings. The molecule has 0 aromatic heterocycles. The molecule has 2 aromatic rings. The third-order valence-electron chi connectivity index (χ3n) is 5.16. The van der Waals surface area contributed by atoms with Gasteiger partial charge in [-0.25, -0.2) is 0 Å². The Balaban J connectivity index is 1.54. The number of hydrogen-bond acceptors (Lipinski definition) is 4. The molecule has 126 valence electrons. The maximum atomic E-state index is 10.1. The second-order valence-corrected chi connectivity index (χ2v) is 6.71. The first-order chi connectivity index (χ1) is 11.8. The Morgan fingerprint density at radius 1 is 1.00 bits per heavy atom. The van der Waals surface area contributed by atoms with Crippen molar-refractivity contribution in [1.29, 1.82) is 0 Å². The van der Waals surface area contributed by atoms with E-state index in [2.05, 4.69) is 23.1 Å². The lowest BCUT2D eigenvalue weighted by molar-refractivity contribution is 0.165. The SMILES string of the molecule is OCC1(c2ccccc2)CCN(Cc2cccc3c2OCCO3)C1. The number of fused-ring (bicyclic) bond motifs is 1. The van der Waals surface area contributed by atoms with Crippen LogP contribution in [0, 0.1) is 0 Å². The summed E-state index contributed by atoms with van der Waals surface area (Å²) in [5.41, 5.74) is 2.23. The number of aliphatic hydroxyl groups excluding tert-OH is 1. The first-order valence-corrected chi connectivity index (χ1v) is 8.57. The summed E-state index contributed by atoms with van der Waals surface area (Å²) in [7, 11) is 0. The van der Waals surface area contributed by atoms with Gasteiger partial charge in [-0.2, -0.15) is 0 Å². The highest BCUT2D eigenvalue weighted by Crippen LogP contribution is 2.38. The van der Waals surface area contributed by atoms with Crippen molar-refractivity contribution in [3.8, 4) is 11.5 Å². The van der Waals surface area contributed by atoms with Crippen LogP contribution in [0.3, 0.4) is 0 Å². The monoisotopic (exact) mass is 325 g/mol. The average Bonchev–Trinajstić information content (AvgIpc) is 3.07. The van der Waals surface area contributed by atoms with E-state index >= 15 is 0 Å². The van der Waals surface area contributed by atoms with Crippen LogP contribution in [0.25, 0.3) is 0 Å². The van der Waals surface area contributed by atoms with Gasteiger partial charge in [0.25, 0.3) is 0 Å². The fourth-order valence-electron chi connectivity index (χ4n) is 3.84. The lowest BCUT2D eigenvalue weighted by atomic mass is 9.80. The van der Waals surface area contributed by atoms with Crippen molar-refractivity contribution < 1.29 is 14.6 Å². The van der Waals surface area contributed by atoms with Gasteiger partial charge in [0.05, 0.1) is 6.61 Å². The predicted molar refractivity (Wildman–Crippen MR) is 92.5 cm³/mol. The maximum Gasteiger partial charge on any atom is 0.165 e. The molecule has 0 saturated carbocycles. The van der Waals surface area contributed by atoms with Gasteiger partial charge in [-0.15, -0.1) is 0 Å². The molecule has 1 unspecified atom stereocenters. The van der Waals surface area contributed by atoms with Crippen LogP contribution in [0.5, 0.6) is 11.5 Å². The minimum Gasteiger partial charge on any atom is -0.486 e. The van der Waals surface area contributed by atoms with E-state index in [0.717, 1.165) is 43.1 Å². The number of hydrogen-bond donors (Lipinski definition) is 1. The van der Waals surface area contributed by atoms with Crippen molar-refractivity contribution in [2.75, 3.05) is 32.9 Å². The summed E-state index contributed by atoms with van der Waals surface area (Å²) < 4.78 is 11.5. The number of ether oxygens (including phenoxy) is 2. The highest BCUT2D eigenvalue weighted by molar-refractivity contribution is 5.47. The normalized spacial score (nSPS) is 23.4. The molecular weight excluding hydrogens is 302 g/mol. The summed E-state index contributed by atoms with van der Waals surface area (Å²) >= 11 is 0.